The van der Waals surface area contributed by atoms with Gasteiger partial charge in [0.05, 0.1) is 11.0 Å². The molecule has 22 heavy (non-hydrogen) atoms. The van der Waals surface area contributed by atoms with Crippen LogP contribution in [0, 0.1) is 0 Å². The standard InChI is InChI=1S/C15H18N4O3/c1-3-19(11-6-7-16-13(11)20)14(21)9-4-5-10-12(8-9)18(2)15(22)17-10/h4-5,8,11H,3,6-7H2,1-2H3,(H,16,20)(H,17,22). The summed E-state index contributed by atoms with van der Waals surface area (Å²) in [5, 5.41) is 2.75. The number of amides is 2. The second-order valence-corrected chi connectivity index (χ2v) is 5.41. The number of H-pyrrole nitrogens is 1. The zero-order chi connectivity index (χ0) is 15.9. The van der Waals surface area contributed by atoms with Gasteiger partial charge in [0, 0.05) is 25.7 Å². The Hall–Kier alpha value is -2.57. The van der Waals surface area contributed by atoms with Crippen molar-refractivity contribution in [1.82, 2.24) is 19.8 Å². The maximum atomic E-state index is 12.7. The number of carbonyl (C=O) groups is 2. The summed E-state index contributed by atoms with van der Waals surface area (Å²) in [6.45, 7) is 2.91. The minimum absolute atomic E-state index is 0.106. The minimum Gasteiger partial charge on any atom is -0.354 e. The Morgan fingerprint density at radius 3 is 2.82 bits per heavy atom. The monoisotopic (exact) mass is 302 g/mol. The van der Waals surface area contributed by atoms with E-state index < -0.39 is 6.04 Å². The lowest BCUT2D eigenvalue weighted by atomic mass is 10.1. The van der Waals surface area contributed by atoms with Crippen LogP contribution < -0.4 is 11.0 Å². The highest BCUT2D eigenvalue weighted by atomic mass is 16.2. The van der Waals surface area contributed by atoms with Gasteiger partial charge in [0.2, 0.25) is 5.91 Å². The zero-order valence-corrected chi connectivity index (χ0v) is 12.5. The highest BCUT2D eigenvalue weighted by molar-refractivity contribution is 6.00. The van der Waals surface area contributed by atoms with E-state index in [1.165, 1.54) is 4.57 Å². The molecular weight excluding hydrogens is 284 g/mol. The Morgan fingerprint density at radius 1 is 1.41 bits per heavy atom. The van der Waals surface area contributed by atoms with Gasteiger partial charge in [-0.05, 0) is 31.5 Å². The molecule has 7 nitrogen and oxygen atoms in total. The van der Waals surface area contributed by atoms with Gasteiger partial charge in [-0.2, -0.15) is 0 Å². The fourth-order valence-corrected chi connectivity index (χ4v) is 2.91. The molecule has 2 amide bonds. The molecule has 1 fully saturated rings. The van der Waals surface area contributed by atoms with Gasteiger partial charge < -0.3 is 15.2 Å². The average molecular weight is 302 g/mol. The van der Waals surface area contributed by atoms with Gasteiger partial charge in [-0.3, -0.25) is 14.2 Å². The van der Waals surface area contributed by atoms with E-state index in [1.54, 1.807) is 30.1 Å². The molecule has 1 atom stereocenters. The maximum absolute atomic E-state index is 12.7. The molecule has 2 heterocycles. The number of aromatic amines is 1. The smallest absolute Gasteiger partial charge is 0.326 e. The molecule has 1 aliphatic heterocycles. The molecule has 1 aromatic carbocycles. The van der Waals surface area contributed by atoms with Crippen LogP contribution in [0.3, 0.4) is 0 Å². The molecule has 0 spiro atoms. The van der Waals surface area contributed by atoms with E-state index in [9.17, 15) is 14.4 Å². The third-order valence-electron chi connectivity index (χ3n) is 4.15. The second-order valence-electron chi connectivity index (χ2n) is 5.41. The van der Waals surface area contributed by atoms with Crippen LogP contribution in [0.2, 0.25) is 0 Å². The number of nitrogens with zero attached hydrogens (tertiary/aromatic N) is 2. The Balaban J connectivity index is 1.98. The Bertz CT molecular complexity index is 805. The summed E-state index contributed by atoms with van der Waals surface area (Å²) in [4.78, 5) is 40.5. The highest BCUT2D eigenvalue weighted by Gasteiger charge is 2.32. The van der Waals surface area contributed by atoms with Gasteiger partial charge >= 0.3 is 5.69 Å². The first-order valence-electron chi connectivity index (χ1n) is 7.30. The molecule has 116 valence electrons. The van der Waals surface area contributed by atoms with Gasteiger partial charge in [0.1, 0.15) is 6.04 Å². The molecule has 7 heteroatoms. The van der Waals surface area contributed by atoms with E-state index in [1.807, 2.05) is 6.92 Å². The van der Waals surface area contributed by atoms with Gasteiger partial charge in [-0.1, -0.05) is 0 Å². The van der Waals surface area contributed by atoms with Gasteiger partial charge in [0.25, 0.3) is 5.91 Å². The quantitative estimate of drug-likeness (QED) is 0.850. The molecule has 0 bridgehead atoms. The number of aromatic nitrogens is 2. The number of hydrogen-bond acceptors (Lipinski definition) is 3. The fourth-order valence-electron chi connectivity index (χ4n) is 2.91. The number of likely N-dealkylation sites (N-methyl/N-ethyl adjacent to an activating group) is 1. The van der Waals surface area contributed by atoms with E-state index in [-0.39, 0.29) is 17.5 Å². The summed E-state index contributed by atoms with van der Waals surface area (Å²) in [6.07, 6.45) is 0.628. The third kappa shape index (κ3) is 2.18. The average Bonchev–Trinajstić information content (AvgIpc) is 3.05. The summed E-state index contributed by atoms with van der Waals surface area (Å²) in [5.74, 6) is -0.301. The van der Waals surface area contributed by atoms with Crippen molar-refractivity contribution in [1.29, 1.82) is 0 Å². The molecule has 0 radical (unpaired) electrons. The maximum Gasteiger partial charge on any atom is 0.326 e. The summed E-state index contributed by atoms with van der Waals surface area (Å²) in [5.41, 5.74) is 1.61. The number of nitrogens with one attached hydrogen (secondary N) is 2. The highest BCUT2D eigenvalue weighted by Crippen LogP contribution is 2.17. The van der Waals surface area contributed by atoms with Gasteiger partial charge in [-0.15, -0.1) is 0 Å². The van der Waals surface area contributed by atoms with Crippen LogP contribution >= 0.6 is 0 Å². The van der Waals surface area contributed by atoms with Crippen LogP contribution in [0.4, 0.5) is 0 Å². The number of carbonyl (C=O) groups excluding carboxylic acids is 2. The lowest BCUT2D eigenvalue weighted by Gasteiger charge is -2.25. The molecule has 0 aliphatic carbocycles. The van der Waals surface area contributed by atoms with Crippen molar-refractivity contribution in [3.63, 3.8) is 0 Å². The van der Waals surface area contributed by atoms with Crippen LogP contribution in [0.25, 0.3) is 11.0 Å². The van der Waals surface area contributed by atoms with Crippen molar-refractivity contribution in [3.05, 3.63) is 34.2 Å². The molecule has 1 aromatic heterocycles. The van der Waals surface area contributed by atoms with Crippen LogP contribution in [-0.4, -0.2) is 45.4 Å². The first-order chi connectivity index (χ1) is 10.5. The number of fused-ring (bicyclic) bond motifs is 1. The lowest BCUT2D eigenvalue weighted by molar-refractivity contribution is -0.123. The summed E-state index contributed by atoms with van der Waals surface area (Å²) in [7, 11) is 1.65. The van der Waals surface area contributed by atoms with E-state index >= 15 is 0 Å². The largest absolute Gasteiger partial charge is 0.354 e. The molecule has 0 saturated carbocycles. The number of benzene rings is 1. The van der Waals surface area contributed by atoms with E-state index in [2.05, 4.69) is 10.3 Å². The third-order valence-corrected chi connectivity index (χ3v) is 4.15. The number of aryl methyl sites for hydroxylation is 1. The van der Waals surface area contributed by atoms with Crippen molar-refractivity contribution < 1.29 is 9.59 Å². The van der Waals surface area contributed by atoms with Crippen LogP contribution in [0.1, 0.15) is 23.7 Å². The Labute approximate surface area is 126 Å². The number of imidazole rings is 1. The number of hydrogen-bond donors (Lipinski definition) is 2. The van der Waals surface area contributed by atoms with Crippen LogP contribution in [0.15, 0.2) is 23.0 Å². The SMILES string of the molecule is CCN(C(=O)c1ccc2[nH]c(=O)n(C)c2c1)C1CCNC1=O. The van der Waals surface area contributed by atoms with Crippen molar-refractivity contribution >= 4 is 22.8 Å². The first kappa shape index (κ1) is 14.4. The van der Waals surface area contributed by atoms with Crippen molar-refractivity contribution in [2.45, 2.75) is 19.4 Å². The Morgan fingerprint density at radius 2 is 2.18 bits per heavy atom. The minimum atomic E-state index is -0.414. The molecule has 1 saturated heterocycles. The normalized spacial score (nSPS) is 17.7. The molecule has 2 N–H and O–H groups in total. The zero-order valence-electron chi connectivity index (χ0n) is 12.5. The number of rotatable bonds is 3. The predicted octanol–water partition coefficient (Wildman–Crippen LogP) is 0.217. The molecule has 3 rings (SSSR count). The molecular formula is C15H18N4O3. The predicted molar refractivity (Wildman–Crippen MR) is 81.7 cm³/mol. The van der Waals surface area contributed by atoms with Gasteiger partial charge in [-0.25, -0.2) is 4.79 Å². The summed E-state index contributed by atoms with van der Waals surface area (Å²) < 4.78 is 1.46. The Kier molecular flexibility index (Phi) is 3.48. The second kappa shape index (κ2) is 5.32. The molecule has 1 aliphatic rings. The van der Waals surface area contributed by atoms with Crippen molar-refractivity contribution in [2.24, 2.45) is 7.05 Å². The van der Waals surface area contributed by atoms with Crippen molar-refractivity contribution in [2.75, 3.05) is 13.1 Å². The van der Waals surface area contributed by atoms with Gasteiger partial charge in [0.15, 0.2) is 0 Å². The van der Waals surface area contributed by atoms with E-state index in [0.717, 1.165) is 0 Å². The first-order valence-corrected chi connectivity index (χ1v) is 7.30. The lowest BCUT2D eigenvalue weighted by Crippen LogP contribution is -2.44. The summed E-state index contributed by atoms with van der Waals surface area (Å²) >= 11 is 0. The topological polar surface area (TPSA) is 87.2 Å². The molecule has 2 aromatic rings. The van der Waals surface area contributed by atoms with E-state index in [0.29, 0.717) is 36.1 Å². The van der Waals surface area contributed by atoms with Crippen molar-refractivity contribution in [3.8, 4) is 0 Å². The van der Waals surface area contributed by atoms with Crippen LogP contribution in [-0.2, 0) is 11.8 Å². The summed E-state index contributed by atoms with van der Waals surface area (Å²) in [6, 6.07) is 4.66. The van der Waals surface area contributed by atoms with E-state index in [4.69, 9.17) is 0 Å². The van der Waals surface area contributed by atoms with Crippen LogP contribution in [0.5, 0.6) is 0 Å². The molecule has 1 unspecified atom stereocenters. The fraction of sp³-hybridized carbons (Fsp3) is 0.400.